The molecule has 1 heterocycles. The van der Waals surface area contributed by atoms with Gasteiger partial charge in [0.1, 0.15) is 0 Å². The fourth-order valence-electron chi connectivity index (χ4n) is 1.20. The van der Waals surface area contributed by atoms with E-state index in [-0.39, 0.29) is 24.7 Å². The highest BCUT2D eigenvalue weighted by Gasteiger charge is 2.16. The van der Waals surface area contributed by atoms with Crippen molar-refractivity contribution < 1.29 is 14.3 Å². The van der Waals surface area contributed by atoms with Crippen molar-refractivity contribution in [1.82, 2.24) is 9.55 Å². The van der Waals surface area contributed by atoms with Crippen molar-refractivity contribution in [3.8, 4) is 0 Å². The molecule has 1 aromatic heterocycles. The lowest BCUT2D eigenvalue weighted by Gasteiger charge is -2.11. The monoisotopic (exact) mass is 240 g/mol. The summed E-state index contributed by atoms with van der Waals surface area (Å²) in [6, 6.07) is -0.759. The smallest absolute Gasteiger partial charge is 0.305 e. The van der Waals surface area contributed by atoms with Crippen LogP contribution in [0, 0.1) is 0 Å². The molecule has 0 saturated heterocycles. The zero-order chi connectivity index (χ0) is 12.8. The van der Waals surface area contributed by atoms with Crippen molar-refractivity contribution in [2.45, 2.75) is 18.9 Å². The Morgan fingerprint density at radius 1 is 1.65 bits per heavy atom. The van der Waals surface area contributed by atoms with E-state index in [4.69, 9.17) is 5.73 Å². The maximum atomic E-state index is 11.6. The van der Waals surface area contributed by atoms with E-state index in [1.54, 1.807) is 24.0 Å². The molecular formula is C10H16N4O3. The number of nitrogens with zero attached hydrogens (tertiary/aromatic N) is 2. The fraction of sp³-hybridized carbons (Fsp3) is 0.500. The van der Waals surface area contributed by atoms with E-state index in [1.807, 2.05) is 0 Å². The summed E-state index contributed by atoms with van der Waals surface area (Å²) in [5, 5.41) is 2.57. The Bertz CT molecular complexity index is 402. The van der Waals surface area contributed by atoms with Gasteiger partial charge in [-0.15, -0.1) is 0 Å². The van der Waals surface area contributed by atoms with Crippen molar-refractivity contribution in [2.75, 3.05) is 12.4 Å². The molecule has 0 aliphatic rings. The molecule has 0 aromatic carbocycles. The van der Waals surface area contributed by atoms with Gasteiger partial charge < -0.3 is 15.0 Å². The Balaban J connectivity index is 2.42. The van der Waals surface area contributed by atoms with Gasteiger partial charge in [-0.2, -0.15) is 0 Å². The van der Waals surface area contributed by atoms with Crippen LogP contribution in [0.3, 0.4) is 0 Å². The molecule has 1 rings (SSSR count). The number of rotatable bonds is 5. The van der Waals surface area contributed by atoms with E-state index < -0.39 is 6.04 Å². The second kappa shape index (κ2) is 6.00. The molecule has 0 spiro atoms. The number of nitrogens with two attached hydrogens (primary N) is 1. The highest BCUT2D eigenvalue weighted by atomic mass is 16.5. The first-order valence-electron chi connectivity index (χ1n) is 5.15. The van der Waals surface area contributed by atoms with Gasteiger partial charge in [0.15, 0.2) is 0 Å². The van der Waals surface area contributed by atoms with Gasteiger partial charge in [-0.25, -0.2) is 4.98 Å². The summed E-state index contributed by atoms with van der Waals surface area (Å²) in [5.74, 6) is -0.336. The van der Waals surface area contributed by atoms with Crippen LogP contribution in [0.2, 0.25) is 0 Å². The van der Waals surface area contributed by atoms with Crippen LogP contribution >= 0.6 is 0 Å². The maximum absolute atomic E-state index is 11.6. The SMILES string of the molecule is COC(=O)CC[C@H](N)C(=O)Nc1nccn1C. The summed E-state index contributed by atoms with van der Waals surface area (Å²) in [4.78, 5) is 26.4. The first-order valence-corrected chi connectivity index (χ1v) is 5.15. The summed E-state index contributed by atoms with van der Waals surface area (Å²) < 4.78 is 6.12. The Kier molecular flexibility index (Phi) is 4.65. The number of aromatic nitrogens is 2. The van der Waals surface area contributed by atoms with Crippen LogP contribution in [0.15, 0.2) is 12.4 Å². The van der Waals surface area contributed by atoms with Gasteiger partial charge in [-0.1, -0.05) is 0 Å². The molecule has 0 bridgehead atoms. The third-order valence-corrected chi connectivity index (χ3v) is 2.28. The maximum Gasteiger partial charge on any atom is 0.305 e. The zero-order valence-corrected chi connectivity index (χ0v) is 9.84. The number of methoxy groups -OCH3 is 1. The standard InChI is InChI=1S/C10H16N4O3/c1-14-6-5-12-10(14)13-9(16)7(11)3-4-8(15)17-2/h5-7H,3-4,11H2,1-2H3,(H,12,13,16)/t7-/m0/s1. The third kappa shape index (κ3) is 3.87. The number of hydrogen-bond acceptors (Lipinski definition) is 5. The van der Waals surface area contributed by atoms with Crippen molar-refractivity contribution >= 4 is 17.8 Å². The second-order valence-electron chi connectivity index (χ2n) is 3.57. The van der Waals surface area contributed by atoms with E-state index in [9.17, 15) is 9.59 Å². The fourth-order valence-corrected chi connectivity index (χ4v) is 1.20. The minimum absolute atomic E-state index is 0.117. The summed E-state index contributed by atoms with van der Waals surface area (Å²) in [6.45, 7) is 0. The molecular weight excluding hydrogens is 224 g/mol. The first kappa shape index (κ1) is 13.2. The van der Waals surface area contributed by atoms with E-state index in [1.165, 1.54) is 7.11 Å². The number of esters is 1. The molecule has 7 nitrogen and oxygen atoms in total. The summed E-state index contributed by atoms with van der Waals surface area (Å²) in [5.41, 5.74) is 5.63. The van der Waals surface area contributed by atoms with E-state index in [0.29, 0.717) is 5.95 Å². The topological polar surface area (TPSA) is 99.2 Å². The van der Waals surface area contributed by atoms with Crippen LogP contribution in [-0.4, -0.2) is 34.6 Å². The minimum atomic E-state index is -0.759. The molecule has 1 amide bonds. The Hall–Kier alpha value is -1.89. The number of carbonyl (C=O) groups is 2. The average molecular weight is 240 g/mol. The Morgan fingerprint density at radius 2 is 2.35 bits per heavy atom. The van der Waals surface area contributed by atoms with Crippen LogP contribution in [0.4, 0.5) is 5.95 Å². The molecule has 0 fully saturated rings. The lowest BCUT2D eigenvalue weighted by Crippen LogP contribution is -2.36. The van der Waals surface area contributed by atoms with E-state index in [2.05, 4.69) is 15.0 Å². The minimum Gasteiger partial charge on any atom is -0.469 e. The number of ether oxygens (including phenoxy) is 1. The highest BCUT2D eigenvalue weighted by molar-refractivity contribution is 5.93. The zero-order valence-electron chi connectivity index (χ0n) is 9.84. The second-order valence-corrected chi connectivity index (χ2v) is 3.57. The van der Waals surface area contributed by atoms with Crippen LogP contribution in [0.5, 0.6) is 0 Å². The molecule has 1 atom stereocenters. The lowest BCUT2D eigenvalue weighted by molar-refractivity contribution is -0.140. The molecule has 0 aliphatic carbocycles. The van der Waals surface area contributed by atoms with Gasteiger partial charge in [0.2, 0.25) is 11.9 Å². The number of carbonyl (C=O) groups excluding carboxylic acids is 2. The highest BCUT2D eigenvalue weighted by Crippen LogP contribution is 2.03. The predicted octanol–water partition coefficient (Wildman–Crippen LogP) is -0.361. The first-order chi connectivity index (χ1) is 8.04. The van der Waals surface area contributed by atoms with Crippen LogP contribution in [-0.2, 0) is 21.4 Å². The van der Waals surface area contributed by atoms with Crippen LogP contribution in [0.25, 0.3) is 0 Å². The molecule has 1 aromatic rings. The predicted molar refractivity (Wildman–Crippen MR) is 61.1 cm³/mol. The van der Waals surface area contributed by atoms with Gasteiger partial charge in [-0.3, -0.25) is 14.9 Å². The quantitative estimate of drug-likeness (QED) is 0.685. The van der Waals surface area contributed by atoms with Crippen molar-refractivity contribution in [1.29, 1.82) is 0 Å². The number of anilines is 1. The lowest BCUT2D eigenvalue weighted by atomic mass is 10.1. The van der Waals surface area contributed by atoms with Gasteiger partial charge >= 0.3 is 5.97 Å². The van der Waals surface area contributed by atoms with Crippen LogP contribution < -0.4 is 11.1 Å². The molecule has 17 heavy (non-hydrogen) atoms. The number of hydrogen-bond donors (Lipinski definition) is 2. The van der Waals surface area contributed by atoms with E-state index in [0.717, 1.165) is 0 Å². The molecule has 94 valence electrons. The molecule has 0 radical (unpaired) electrons. The largest absolute Gasteiger partial charge is 0.469 e. The van der Waals surface area contributed by atoms with Crippen molar-refractivity contribution in [3.05, 3.63) is 12.4 Å². The Morgan fingerprint density at radius 3 is 2.88 bits per heavy atom. The van der Waals surface area contributed by atoms with Gasteiger partial charge in [-0.05, 0) is 6.42 Å². The van der Waals surface area contributed by atoms with Gasteiger partial charge in [0.25, 0.3) is 0 Å². The molecule has 0 aliphatic heterocycles. The number of imidazole rings is 1. The molecule has 0 saturated carbocycles. The number of amides is 1. The Labute approximate surface area is 99.0 Å². The molecule has 0 unspecified atom stereocenters. The summed E-state index contributed by atoms with van der Waals surface area (Å²) in [6.07, 6.45) is 3.62. The van der Waals surface area contributed by atoms with Crippen molar-refractivity contribution in [2.24, 2.45) is 12.8 Å². The number of nitrogens with one attached hydrogen (secondary N) is 1. The average Bonchev–Trinajstić information content (AvgIpc) is 2.71. The van der Waals surface area contributed by atoms with Gasteiger partial charge in [0.05, 0.1) is 13.2 Å². The molecule has 7 heteroatoms. The third-order valence-electron chi connectivity index (χ3n) is 2.28. The normalized spacial score (nSPS) is 11.9. The van der Waals surface area contributed by atoms with E-state index >= 15 is 0 Å². The molecule has 3 N–H and O–H groups in total. The van der Waals surface area contributed by atoms with Crippen LogP contribution in [0.1, 0.15) is 12.8 Å². The summed E-state index contributed by atoms with van der Waals surface area (Å²) in [7, 11) is 3.05. The van der Waals surface area contributed by atoms with Gasteiger partial charge in [0, 0.05) is 25.9 Å². The summed E-state index contributed by atoms with van der Waals surface area (Å²) >= 11 is 0. The number of aryl methyl sites for hydroxylation is 1. The van der Waals surface area contributed by atoms with Crippen molar-refractivity contribution in [3.63, 3.8) is 0 Å².